The summed E-state index contributed by atoms with van der Waals surface area (Å²) < 4.78 is 29.7. The lowest BCUT2D eigenvalue weighted by molar-refractivity contribution is -0.135. The summed E-state index contributed by atoms with van der Waals surface area (Å²) in [6.07, 6.45) is 5.55. The maximum Gasteiger partial charge on any atom is 0.387 e. The topological polar surface area (TPSA) is 49.9 Å². The molecule has 1 aromatic carbocycles. The highest BCUT2D eigenvalue weighted by atomic mass is 19.3. The summed E-state index contributed by atoms with van der Waals surface area (Å²) in [5, 5.41) is 0. The zero-order chi connectivity index (χ0) is 18.5. The first-order valence-corrected chi connectivity index (χ1v) is 9.21. The molecule has 0 spiro atoms. The number of rotatable bonds is 4. The van der Waals surface area contributed by atoms with Crippen molar-refractivity contribution in [2.75, 3.05) is 19.6 Å². The van der Waals surface area contributed by atoms with Gasteiger partial charge >= 0.3 is 6.61 Å². The molecule has 7 heteroatoms. The van der Waals surface area contributed by atoms with E-state index in [0.29, 0.717) is 13.0 Å². The summed E-state index contributed by atoms with van der Waals surface area (Å²) in [7, 11) is 0. The lowest BCUT2D eigenvalue weighted by Gasteiger charge is -2.30. The third kappa shape index (κ3) is 4.14. The van der Waals surface area contributed by atoms with Crippen LogP contribution in [0.3, 0.4) is 0 Å². The normalized spacial score (nSPS) is 21.0. The van der Waals surface area contributed by atoms with Gasteiger partial charge in [-0.3, -0.25) is 9.59 Å². The van der Waals surface area contributed by atoms with Crippen LogP contribution in [0.2, 0.25) is 0 Å². The SMILES string of the molecule is O=C([C@@H]1CCCN1C(=O)c1ccccc1OC(F)F)N1CCCCCC1. The molecule has 26 heavy (non-hydrogen) atoms. The van der Waals surface area contributed by atoms with Crippen molar-refractivity contribution in [1.29, 1.82) is 0 Å². The third-order valence-electron chi connectivity index (χ3n) is 5.05. The quantitative estimate of drug-likeness (QED) is 0.822. The third-order valence-corrected chi connectivity index (χ3v) is 5.05. The molecule has 2 heterocycles. The van der Waals surface area contributed by atoms with Crippen LogP contribution in [0.4, 0.5) is 8.78 Å². The molecule has 0 unspecified atom stereocenters. The smallest absolute Gasteiger partial charge is 0.387 e. The number of benzene rings is 1. The molecule has 5 nitrogen and oxygen atoms in total. The Morgan fingerprint density at radius 1 is 1.00 bits per heavy atom. The Bertz CT molecular complexity index is 645. The number of hydrogen-bond acceptors (Lipinski definition) is 3. The summed E-state index contributed by atoms with van der Waals surface area (Å²) in [4.78, 5) is 29.3. The summed E-state index contributed by atoms with van der Waals surface area (Å²) in [5.41, 5.74) is 0.0726. The Hall–Kier alpha value is -2.18. The predicted molar refractivity (Wildman–Crippen MR) is 92.2 cm³/mol. The molecule has 0 bridgehead atoms. The van der Waals surface area contributed by atoms with Crippen molar-refractivity contribution in [3.63, 3.8) is 0 Å². The van der Waals surface area contributed by atoms with Gasteiger partial charge in [0.25, 0.3) is 5.91 Å². The van der Waals surface area contributed by atoms with Crippen LogP contribution in [0.5, 0.6) is 5.75 Å². The van der Waals surface area contributed by atoms with Crippen molar-refractivity contribution in [3.8, 4) is 5.75 Å². The van der Waals surface area contributed by atoms with E-state index in [0.717, 1.165) is 45.2 Å². The van der Waals surface area contributed by atoms with Gasteiger partial charge in [-0.15, -0.1) is 0 Å². The Kier molecular flexibility index (Phi) is 6.06. The number of halogens is 2. The maximum atomic E-state index is 12.9. The molecule has 0 radical (unpaired) electrons. The molecule has 2 aliphatic rings. The van der Waals surface area contributed by atoms with Crippen molar-refractivity contribution in [1.82, 2.24) is 9.80 Å². The minimum atomic E-state index is -3.00. The molecule has 2 amide bonds. The van der Waals surface area contributed by atoms with Crippen molar-refractivity contribution < 1.29 is 23.1 Å². The molecule has 2 saturated heterocycles. The molecule has 0 aromatic heterocycles. The summed E-state index contributed by atoms with van der Waals surface area (Å²) in [5.74, 6) is -0.600. The maximum absolute atomic E-state index is 12.9. The summed E-state index contributed by atoms with van der Waals surface area (Å²) in [6.45, 7) is -1.10. The van der Waals surface area contributed by atoms with Crippen LogP contribution < -0.4 is 4.74 Å². The molecule has 142 valence electrons. The van der Waals surface area contributed by atoms with Crippen LogP contribution in [0.25, 0.3) is 0 Å². The number of nitrogens with zero attached hydrogens (tertiary/aromatic N) is 2. The second kappa shape index (κ2) is 8.47. The van der Waals surface area contributed by atoms with Crippen LogP contribution in [-0.2, 0) is 4.79 Å². The van der Waals surface area contributed by atoms with E-state index >= 15 is 0 Å². The first-order valence-electron chi connectivity index (χ1n) is 9.21. The van der Waals surface area contributed by atoms with E-state index in [4.69, 9.17) is 0 Å². The fourth-order valence-electron chi connectivity index (χ4n) is 3.77. The van der Waals surface area contributed by atoms with Gasteiger partial charge < -0.3 is 14.5 Å². The standard InChI is InChI=1S/C19H24F2N2O3/c20-19(21)26-16-10-4-3-8-14(16)17(24)23-13-7-9-15(23)18(25)22-11-5-1-2-6-12-22/h3-4,8,10,15,19H,1-2,5-7,9,11-13H2/t15-/m0/s1. The summed E-state index contributed by atoms with van der Waals surface area (Å²) in [6, 6.07) is 5.44. The zero-order valence-corrected chi connectivity index (χ0v) is 14.7. The van der Waals surface area contributed by atoms with E-state index in [-0.39, 0.29) is 17.2 Å². The van der Waals surface area contributed by atoms with E-state index in [1.807, 2.05) is 4.90 Å². The number of amides is 2. The van der Waals surface area contributed by atoms with E-state index in [1.165, 1.54) is 17.0 Å². The van der Waals surface area contributed by atoms with E-state index in [9.17, 15) is 18.4 Å². The number of ether oxygens (including phenoxy) is 1. The van der Waals surface area contributed by atoms with Gasteiger partial charge in [-0.25, -0.2) is 0 Å². The average molecular weight is 366 g/mol. The first-order chi connectivity index (χ1) is 12.6. The van der Waals surface area contributed by atoms with Gasteiger partial charge in [0.2, 0.25) is 5.91 Å². The van der Waals surface area contributed by atoms with Crippen molar-refractivity contribution in [3.05, 3.63) is 29.8 Å². The highest BCUT2D eigenvalue weighted by molar-refractivity contribution is 6.00. The Morgan fingerprint density at radius 2 is 1.69 bits per heavy atom. The van der Waals surface area contributed by atoms with E-state index in [1.54, 1.807) is 12.1 Å². The molecule has 0 N–H and O–H groups in total. The van der Waals surface area contributed by atoms with E-state index in [2.05, 4.69) is 4.74 Å². The highest BCUT2D eigenvalue weighted by Gasteiger charge is 2.37. The van der Waals surface area contributed by atoms with Crippen LogP contribution >= 0.6 is 0 Å². The van der Waals surface area contributed by atoms with Crippen molar-refractivity contribution >= 4 is 11.8 Å². The second-order valence-corrected chi connectivity index (χ2v) is 6.77. The lowest BCUT2D eigenvalue weighted by Crippen LogP contribution is -2.48. The largest absolute Gasteiger partial charge is 0.434 e. The number of carbonyl (C=O) groups is 2. The first kappa shape index (κ1) is 18.6. The summed E-state index contributed by atoms with van der Waals surface area (Å²) >= 11 is 0. The fraction of sp³-hybridized carbons (Fsp3) is 0.579. The molecular formula is C19H24F2N2O3. The molecule has 3 rings (SSSR count). The second-order valence-electron chi connectivity index (χ2n) is 6.77. The molecule has 0 saturated carbocycles. The predicted octanol–water partition coefficient (Wildman–Crippen LogP) is 3.30. The monoisotopic (exact) mass is 366 g/mol. The molecular weight excluding hydrogens is 342 g/mol. The Morgan fingerprint density at radius 3 is 2.38 bits per heavy atom. The van der Waals surface area contributed by atoms with Crippen LogP contribution in [0.15, 0.2) is 24.3 Å². The molecule has 1 atom stereocenters. The van der Waals surface area contributed by atoms with Gasteiger partial charge in [-0.05, 0) is 37.8 Å². The van der Waals surface area contributed by atoms with Crippen molar-refractivity contribution in [2.24, 2.45) is 0 Å². The number of para-hydroxylation sites is 1. The Balaban J connectivity index is 1.77. The number of carbonyl (C=O) groups excluding carboxylic acids is 2. The van der Waals surface area contributed by atoms with Gasteiger partial charge in [0.15, 0.2) is 0 Å². The van der Waals surface area contributed by atoms with Crippen LogP contribution in [0.1, 0.15) is 48.9 Å². The highest BCUT2D eigenvalue weighted by Crippen LogP contribution is 2.27. The molecule has 2 aliphatic heterocycles. The molecule has 1 aromatic rings. The van der Waals surface area contributed by atoms with Crippen LogP contribution in [-0.4, -0.2) is 53.9 Å². The lowest BCUT2D eigenvalue weighted by atomic mass is 10.1. The van der Waals surface area contributed by atoms with Gasteiger partial charge in [-0.1, -0.05) is 25.0 Å². The van der Waals surface area contributed by atoms with E-state index < -0.39 is 18.6 Å². The van der Waals surface area contributed by atoms with Gasteiger partial charge in [-0.2, -0.15) is 8.78 Å². The number of likely N-dealkylation sites (tertiary alicyclic amines) is 2. The fourth-order valence-corrected chi connectivity index (χ4v) is 3.77. The number of alkyl halides is 2. The minimum absolute atomic E-state index is 0.0231. The minimum Gasteiger partial charge on any atom is -0.434 e. The van der Waals surface area contributed by atoms with Crippen LogP contribution in [0, 0.1) is 0 Å². The van der Waals surface area contributed by atoms with Gasteiger partial charge in [0, 0.05) is 19.6 Å². The van der Waals surface area contributed by atoms with Gasteiger partial charge in [0.1, 0.15) is 11.8 Å². The molecule has 2 fully saturated rings. The average Bonchev–Trinajstić information content (AvgIpc) is 2.95. The Labute approximate surface area is 151 Å². The molecule has 0 aliphatic carbocycles. The van der Waals surface area contributed by atoms with Crippen molar-refractivity contribution in [2.45, 2.75) is 51.2 Å². The number of hydrogen-bond donors (Lipinski definition) is 0. The van der Waals surface area contributed by atoms with Gasteiger partial charge in [0.05, 0.1) is 5.56 Å². The zero-order valence-electron chi connectivity index (χ0n) is 14.7.